The summed E-state index contributed by atoms with van der Waals surface area (Å²) in [6, 6.07) is 0. The minimum absolute atomic E-state index is 0.297. The van der Waals surface area contributed by atoms with Gasteiger partial charge in [-0.25, -0.2) is 0 Å². The molecule has 0 saturated heterocycles. The number of anilines is 2. The van der Waals surface area contributed by atoms with Crippen molar-refractivity contribution in [2.45, 2.75) is 20.3 Å². The van der Waals surface area contributed by atoms with Crippen LogP contribution in [0.15, 0.2) is 6.20 Å². The summed E-state index contributed by atoms with van der Waals surface area (Å²) in [5, 5.41) is 13.5. The first-order valence-electron chi connectivity index (χ1n) is 5.67. The molecule has 2 aromatic rings. The fraction of sp³-hybridized carbons (Fsp3) is 0.364. The molecule has 0 unspecified atom stereocenters. The van der Waals surface area contributed by atoms with E-state index in [-0.39, 0.29) is 5.91 Å². The number of aryl methyl sites for hydroxylation is 3. The Morgan fingerprint density at radius 3 is 2.89 bits per heavy atom. The normalized spacial score (nSPS) is 10.6. The number of carbonyl (C=O) groups is 1. The van der Waals surface area contributed by atoms with Gasteiger partial charge in [-0.3, -0.25) is 14.6 Å². The van der Waals surface area contributed by atoms with Gasteiger partial charge in [0.05, 0.1) is 17.6 Å². The molecule has 0 aromatic carbocycles. The lowest BCUT2D eigenvalue weighted by atomic mass is 10.2. The zero-order valence-electron chi connectivity index (χ0n) is 10.6. The lowest BCUT2D eigenvalue weighted by Gasteiger charge is -2.05. The molecule has 2 rings (SSSR count). The van der Waals surface area contributed by atoms with Crippen molar-refractivity contribution in [1.29, 1.82) is 0 Å². The zero-order valence-corrected chi connectivity index (χ0v) is 10.6. The molecule has 0 spiro atoms. The highest BCUT2D eigenvalue weighted by Gasteiger charge is 2.19. The number of nitrogens with one attached hydrogen (secondary N) is 2. The van der Waals surface area contributed by atoms with Crippen LogP contribution >= 0.6 is 0 Å². The fourth-order valence-corrected chi connectivity index (χ4v) is 1.80. The molecule has 1 amide bonds. The van der Waals surface area contributed by atoms with E-state index in [0.29, 0.717) is 22.9 Å². The molecule has 0 aliphatic rings. The minimum atomic E-state index is -0.297. The van der Waals surface area contributed by atoms with Crippen molar-refractivity contribution in [2.75, 3.05) is 11.1 Å². The lowest BCUT2D eigenvalue weighted by Crippen LogP contribution is -2.18. The van der Waals surface area contributed by atoms with Gasteiger partial charge in [0.15, 0.2) is 0 Å². The van der Waals surface area contributed by atoms with Crippen LogP contribution in [0.5, 0.6) is 0 Å². The van der Waals surface area contributed by atoms with Crippen LogP contribution in [0.3, 0.4) is 0 Å². The molecule has 18 heavy (non-hydrogen) atoms. The number of nitrogens with zero attached hydrogens (tertiary/aromatic N) is 3. The van der Waals surface area contributed by atoms with E-state index in [1.54, 1.807) is 20.2 Å². The number of hydrogen-bond acceptors (Lipinski definition) is 4. The maximum absolute atomic E-state index is 12.1. The summed E-state index contributed by atoms with van der Waals surface area (Å²) in [6.45, 7) is 3.75. The molecule has 96 valence electrons. The van der Waals surface area contributed by atoms with Gasteiger partial charge in [0.2, 0.25) is 0 Å². The van der Waals surface area contributed by atoms with Crippen LogP contribution in [-0.2, 0) is 13.5 Å². The largest absolute Gasteiger partial charge is 0.395 e. The number of amides is 1. The third kappa shape index (κ3) is 1.94. The standard InChI is InChI=1S/C11H16N6O/c1-4-7-5-13-15-10(7)14-11(18)9-8(12)6(2)16-17(9)3/h5H,4,12H2,1-3H3,(H2,13,14,15,18). The van der Waals surface area contributed by atoms with Gasteiger partial charge in [0.25, 0.3) is 5.91 Å². The summed E-state index contributed by atoms with van der Waals surface area (Å²) < 4.78 is 1.47. The van der Waals surface area contributed by atoms with E-state index in [9.17, 15) is 4.79 Å². The second-order valence-electron chi connectivity index (χ2n) is 4.05. The molecule has 4 N–H and O–H groups in total. The smallest absolute Gasteiger partial charge is 0.277 e. The highest BCUT2D eigenvalue weighted by Crippen LogP contribution is 2.18. The second-order valence-corrected chi connectivity index (χ2v) is 4.05. The van der Waals surface area contributed by atoms with Crippen LogP contribution in [0, 0.1) is 6.92 Å². The Morgan fingerprint density at radius 1 is 1.61 bits per heavy atom. The van der Waals surface area contributed by atoms with Crippen molar-refractivity contribution in [3.8, 4) is 0 Å². The van der Waals surface area contributed by atoms with Crippen LogP contribution in [0.2, 0.25) is 0 Å². The van der Waals surface area contributed by atoms with Gasteiger partial charge in [-0.05, 0) is 13.3 Å². The van der Waals surface area contributed by atoms with Gasteiger partial charge in [0, 0.05) is 12.6 Å². The van der Waals surface area contributed by atoms with Gasteiger partial charge in [0.1, 0.15) is 11.5 Å². The Bertz CT molecular complexity index is 582. The monoisotopic (exact) mass is 248 g/mol. The van der Waals surface area contributed by atoms with E-state index in [4.69, 9.17) is 5.73 Å². The van der Waals surface area contributed by atoms with Crippen molar-refractivity contribution in [2.24, 2.45) is 7.05 Å². The van der Waals surface area contributed by atoms with E-state index in [1.807, 2.05) is 6.92 Å². The van der Waals surface area contributed by atoms with Gasteiger partial charge < -0.3 is 11.1 Å². The molecule has 0 fully saturated rings. The van der Waals surface area contributed by atoms with E-state index in [1.165, 1.54) is 4.68 Å². The Hall–Kier alpha value is -2.31. The molecule has 0 aliphatic heterocycles. The van der Waals surface area contributed by atoms with Gasteiger partial charge in [-0.2, -0.15) is 10.2 Å². The molecule has 7 nitrogen and oxygen atoms in total. The molecule has 0 atom stereocenters. The first-order chi connectivity index (χ1) is 8.54. The molecule has 2 aromatic heterocycles. The predicted octanol–water partition coefficient (Wildman–Crippen LogP) is 0.849. The van der Waals surface area contributed by atoms with E-state index in [0.717, 1.165) is 12.0 Å². The fourth-order valence-electron chi connectivity index (χ4n) is 1.80. The maximum atomic E-state index is 12.1. The molecule has 7 heteroatoms. The second kappa shape index (κ2) is 4.52. The number of aromatic nitrogens is 4. The van der Waals surface area contributed by atoms with Crippen LogP contribution in [0.4, 0.5) is 11.5 Å². The number of aromatic amines is 1. The number of H-pyrrole nitrogens is 1. The van der Waals surface area contributed by atoms with Crippen LogP contribution in [0.25, 0.3) is 0 Å². The first-order valence-corrected chi connectivity index (χ1v) is 5.67. The highest BCUT2D eigenvalue weighted by atomic mass is 16.2. The number of nitrogen functional groups attached to an aromatic ring is 1. The lowest BCUT2D eigenvalue weighted by molar-refractivity contribution is 0.101. The van der Waals surface area contributed by atoms with E-state index < -0.39 is 0 Å². The first kappa shape index (κ1) is 12.2. The topological polar surface area (TPSA) is 102 Å². The summed E-state index contributed by atoms with van der Waals surface area (Å²) in [6.07, 6.45) is 2.47. The average Bonchev–Trinajstić information content (AvgIpc) is 2.85. The Labute approximate surface area is 104 Å². The number of hydrogen-bond donors (Lipinski definition) is 3. The predicted molar refractivity (Wildman–Crippen MR) is 68.3 cm³/mol. The summed E-state index contributed by atoms with van der Waals surface area (Å²) in [5.41, 5.74) is 8.17. The highest BCUT2D eigenvalue weighted by molar-refractivity contribution is 6.06. The van der Waals surface area contributed by atoms with E-state index >= 15 is 0 Å². The van der Waals surface area contributed by atoms with Gasteiger partial charge in [-0.15, -0.1) is 0 Å². The van der Waals surface area contributed by atoms with Gasteiger partial charge >= 0.3 is 0 Å². The molecule has 0 radical (unpaired) electrons. The summed E-state index contributed by atoms with van der Waals surface area (Å²) >= 11 is 0. The molecular formula is C11H16N6O. The van der Waals surface area contributed by atoms with Crippen LogP contribution in [0.1, 0.15) is 28.7 Å². The number of carbonyl (C=O) groups excluding carboxylic acids is 1. The molecule has 2 heterocycles. The summed E-state index contributed by atoms with van der Waals surface area (Å²) in [4.78, 5) is 12.1. The molecule has 0 bridgehead atoms. The summed E-state index contributed by atoms with van der Waals surface area (Å²) in [5.74, 6) is 0.301. The van der Waals surface area contributed by atoms with Crippen molar-refractivity contribution in [3.05, 3.63) is 23.1 Å². The average molecular weight is 248 g/mol. The third-order valence-electron chi connectivity index (χ3n) is 2.82. The SMILES string of the molecule is CCc1cn[nH]c1NC(=O)c1c(N)c(C)nn1C. The zero-order chi connectivity index (χ0) is 13.3. The molecule has 0 saturated carbocycles. The Balaban J connectivity index is 2.28. The quantitative estimate of drug-likeness (QED) is 0.749. The number of nitrogens with two attached hydrogens (primary N) is 1. The van der Waals surface area contributed by atoms with Crippen molar-refractivity contribution >= 4 is 17.4 Å². The van der Waals surface area contributed by atoms with Crippen LogP contribution < -0.4 is 11.1 Å². The van der Waals surface area contributed by atoms with E-state index in [2.05, 4.69) is 20.6 Å². The Morgan fingerprint density at radius 2 is 2.33 bits per heavy atom. The van der Waals surface area contributed by atoms with Crippen LogP contribution in [-0.4, -0.2) is 25.9 Å². The molecule has 0 aliphatic carbocycles. The third-order valence-corrected chi connectivity index (χ3v) is 2.82. The maximum Gasteiger partial charge on any atom is 0.277 e. The number of rotatable bonds is 3. The Kier molecular flexibility index (Phi) is 3.05. The summed E-state index contributed by atoms with van der Waals surface area (Å²) in [7, 11) is 1.69. The van der Waals surface area contributed by atoms with Crippen molar-refractivity contribution in [1.82, 2.24) is 20.0 Å². The van der Waals surface area contributed by atoms with Crippen molar-refractivity contribution < 1.29 is 4.79 Å². The molecular weight excluding hydrogens is 232 g/mol. The minimum Gasteiger partial charge on any atom is -0.395 e. The van der Waals surface area contributed by atoms with Gasteiger partial charge in [-0.1, -0.05) is 6.92 Å². The van der Waals surface area contributed by atoms with Crippen molar-refractivity contribution in [3.63, 3.8) is 0 Å².